The van der Waals surface area contributed by atoms with Gasteiger partial charge in [0, 0.05) is 10.6 Å². The van der Waals surface area contributed by atoms with Crippen LogP contribution in [0.5, 0.6) is 0 Å². The van der Waals surface area contributed by atoms with Gasteiger partial charge in [-0.3, -0.25) is 0 Å². The van der Waals surface area contributed by atoms with Crippen LogP contribution in [-0.4, -0.2) is 5.37 Å². The van der Waals surface area contributed by atoms with E-state index < -0.39 is 0 Å². The predicted molar refractivity (Wildman–Crippen MR) is 134 cm³/mol. The van der Waals surface area contributed by atoms with Crippen LogP contribution >= 0.6 is 11.8 Å². The van der Waals surface area contributed by atoms with Crippen molar-refractivity contribution in [2.24, 2.45) is 0 Å². The van der Waals surface area contributed by atoms with Crippen LogP contribution in [0.3, 0.4) is 0 Å². The van der Waals surface area contributed by atoms with E-state index in [1.165, 1.54) is 33.0 Å². The minimum Gasteiger partial charge on any atom is -0.324 e. The van der Waals surface area contributed by atoms with E-state index in [2.05, 4.69) is 138 Å². The molecule has 0 saturated heterocycles. The minimum absolute atomic E-state index is 0.125. The van der Waals surface area contributed by atoms with Crippen LogP contribution in [0.4, 0.5) is 5.69 Å². The maximum absolute atomic E-state index is 2.44. The third-order valence-corrected chi connectivity index (χ3v) is 6.47. The van der Waals surface area contributed by atoms with Crippen molar-refractivity contribution in [1.29, 1.82) is 0 Å². The van der Waals surface area contributed by atoms with Crippen LogP contribution in [0, 0.1) is 0 Å². The van der Waals surface area contributed by atoms with Gasteiger partial charge in [-0.25, -0.2) is 0 Å². The van der Waals surface area contributed by atoms with Crippen LogP contribution < -0.4 is 4.90 Å². The van der Waals surface area contributed by atoms with Crippen LogP contribution in [-0.2, 0) is 0 Å². The second-order valence-electron chi connectivity index (χ2n) is 7.41. The average molecular weight is 418 g/mol. The molecule has 0 aliphatic carbocycles. The summed E-state index contributed by atoms with van der Waals surface area (Å²) in [6.45, 7) is 0. The molecule has 0 aromatic heterocycles. The van der Waals surface area contributed by atoms with E-state index in [0.717, 1.165) is 0 Å². The summed E-state index contributed by atoms with van der Waals surface area (Å²) in [5.74, 6) is 0. The van der Waals surface area contributed by atoms with E-state index in [0.29, 0.717) is 0 Å². The lowest BCUT2D eigenvalue weighted by Gasteiger charge is -2.37. The Balaban J connectivity index is 1.67. The standard InChI is InChI=1S/C29H23NS/c1-5-13-23(14-6-1)25-21-28(24-15-7-2-8-16-24)30(26-17-9-3-10-18-26)29(22-25)31-27-19-11-4-12-20-27/h1-22,29H. The fourth-order valence-electron chi connectivity index (χ4n) is 3.87. The smallest absolute Gasteiger partial charge is 0.104 e. The molecule has 1 heterocycles. The van der Waals surface area contributed by atoms with Gasteiger partial charge in [-0.1, -0.05) is 109 Å². The Bertz CT molecular complexity index is 1180. The Morgan fingerprint density at radius 1 is 0.548 bits per heavy atom. The first kappa shape index (κ1) is 19.5. The molecule has 5 rings (SSSR count). The molecule has 0 amide bonds. The van der Waals surface area contributed by atoms with Gasteiger partial charge in [-0.05, 0) is 53.1 Å². The molecule has 1 aliphatic heterocycles. The Morgan fingerprint density at radius 2 is 1.06 bits per heavy atom. The van der Waals surface area contributed by atoms with Gasteiger partial charge < -0.3 is 4.90 Å². The fourth-order valence-corrected chi connectivity index (χ4v) is 5.02. The first-order chi connectivity index (χ1) is 15.4. The van der Waals surface area contributed by atoms with Crippen molar-refractivity contribution in [2.45, 2.75) is 10.3 Å². The number of thioether (sulfide) groups is 1. The van der Waals surface area contributed by atoms with Gasteiger partial charge >= 0.3 is 0 Å². The van der Waals surface area contributed by atoms with E-state index in [1.54, 1.807) is 0 Å². The zero-order valence-electron chi connectivity index (χ0n) is 17.1. The van der Waals surface area contributed by atoms with E-state index >= 15 is 0 Å². The molecule has 1 nitrogen and oxygen atoms in total. The number of hydrogen-bond donors (Lipinski definition) is 0. The summed E-state index contributed by atoms with van der Waals surface area (Å²) in [6, 6.07) is 42.7. The molecule has 2 heteroatoms. The monoisotopic (exact) mass is 417 g/mol. The predicted octanol–water partition coefficient (Wildman–Crippen LogP) is 7.75. The normalized spacial score (nSPS) is 15.9. The average Bonchev–Trinajstić information content (AvgIpc) is 2.86. The molecular weight excluding hydrogens is 394 g/mol. The Morgan fingerprint density at radius 3 is 1.68 bits per heavy atom. The number of allylic oxidation sites excluding steroid dienone is 2. The van der Waals surface area contributed by atoms with Crippen molar-refractivity contribution in [2.75, 3.05) is 4.90 Å². The van der Waals surface area contributed by atoms with Crippen molar-refractivity contribution >= 4 is 28.7 Å². The summed E-state index contributed by atoms with van der Waals surface area (Å²) >= 11 is 1.87. The molecule has 1 unspecified atom stereocenters. The first-order valence-corrected chi connectivity index (χ1v) is 11.4. The van der Waals surface area contributed by atoms with Gasteiger partial charge in [-0.15, -0.1) is 0 Å². The van der Waals surface area contributed by atoms with Crippen molar-refractivity contribution < 1.29 is 0 Å². The highest BCUT2D eigenvalue weighted by Crippen LogP contribution is 2.41. The van der Waals surface area contributed by atoms with Crippen LogP contribution in [0.2, 0.25) is 0 Å². The molecule has 31 heavy (non-hydrogen) atoms. The quantitative estimate of drug-likeness (QED) is 0.326. The Hall–Kier alpha value is -3.49. The highest BCUT2D eigenvalue weighted by atomic mass is 32.2. The molecule has 1 atom stereocenters. The first-order valence-electron chi connectivity index (χ1n) is 10.5. The molecule has 0 radical (unpaired) electrons. The van der Waals surface area contributed by atoms with Gasteiger partial charge in [0.05, 0.1) is 5.70 Å². The summed E-state index contributed by atoms with van der Waals surface area (Å²) in [6.07, 6.45) is 4.70. The largest absolute Gasteiger partial charge is 0.324 e. The molecule has 4 aromatic rings. The summed E-state index contributed by atoms with van der Waals surface area (Å²) in [4.78, 5) is 3.70. The van der Waals surface area contributed by atoms with Crippen LogP contribution in [0.15, 0.2) is 138 Å². The number of benzene rings is 4. The second kappa shape index (κ2) is 9.11. The fraction of sp³-hybridized carbons (Fsp3) is 0.0345. The van der Waals surface area contributed by atoms with E-state index in [9.17, 15) is 0 Å². The van der Waals surface area contributed by atoms with Crippen molar-refractivity contribution in [3.8, 4) is 0 Å². The number of anilines is 1. The zero-order chi connectivity index (χ0) is 20.9. The molecule has 150 valence electrons. The summed E-state index contributed by atoms with van der Waals surface area (Å²) in [5, 5.41) is 0.125. The van der Waals surface area contributed by atoms with Gasteiger partial charge in [0.25, 0.3) is 0 Å². The maximum atomic E-state index is 2.44. The lowest BCUT2D eigenvalue weighted by molar-refractivity contribution is 1.03. The minimum atomic E-state index is 0.125. The molecule has 0 N–H and O–H groups in total. The summed E-state index contributed by atoms with van der Waals surface area (Å²) in [5.41, 5.74) is 6.10. The Kier molecular flexibility index (Phi) is 5.72. The molecule has 0 fully saturated rings. The van der Waals surface area contributed by atoms with E-state index in [4.69, 9.17) is 0 Å². The molecular formula is C29H23NS. The molecule has 4 aromatic carbocycles. The van der Waals surface area contributed by atoms with Gasteiger partial charge in [-0.2, -0.15) is 0 Å². The molecule has 0 saturated carbocycles. The third-order valence-electron chi connectivity index (χ3n) is 5.34. The lowest BCUT2D eigenvalue weighted by atomic mass is 9.98. The Labute approximate surface area is 188 Å². The van der Waals surface area contributed by atoms with Crippen molar-refractivity contribution in [3.63, 3.8) is 0 Å². The number of rotatable bonds is 5. The maximum Gasteiger partial charge on any atom is 0.104 e. The number of para-hydroxylation sites is 1. The van der Waals surface area contributed by atoms with E-state index in [1.807, 2.05) is 11.8 Å². The number of nitrogens with zero attached hydrogens (tertiary/aromatic N) is 1. The number of hydrogen-bond acceptors (Lipinski definition) is 2. The highest BCUT2D eigenvalue weighted by molar-refractivity contribution is 8.00. The summed E-state index contributed by atoms with van der Waals surface area (Å²) < 4.78 is 0. The second-order valence-corrected chi connectivity index (χ2v) is 8.60. The van der Waals surface area contributed by atoms with Crippen molar-refractivity contribution in [3.05, 3.63) is 145 Å². The van der Waals surface area contributed by atoms with Crippen LogP contribution in [0.25, 0.3) is 11.3 Å². The molecule has 0 bridgehead atoms. The van der Waals surface area contributed by atoms with Crippen LogP contribution in [0.1, 0.15) is 11.1 Å². The zero-order valence-corrected chi connectivity index (χ0v) is 18.0. The summed E-state index contributed by atoms with van der Waals surface area (Å²) in [7, 11) is 0. The lowest BCUT2D eigenvalue weighted by Crippen LogP contribution is -2.32. The van der Waals surface area contributed by atoms with Crippen molar-refractivity contribution in [1.82, 2.24) is 0 Å². The highest BCUT2D eigenvalue weighted by Gasteiger charge is 2.27. The van der Waals surface area contributed by atoms with Gasteiger partial charge in [0.15, 0.2) is 0 Å². The van der Waals surface area contributed by atoms with Gasteiger partial charge in [0.1, 0.15) is 5.37 Å². The van der Waals surface area contributed by atoms with E-state index in [-0.39, 0.29) is 5.37 Å². The SMILES string of the molecule is C1=C(c2ccccc2)C=C(c2ccccc2)N(c2ccccc2)C1Sc1ccccc1. The topological polar surface area (TPSA) is 3.24 Å². The molecule has 0 spiro atoms. The molecule has 1 aliphatic rings. The third kappa shape index (κ3) is 4.35. The van der Waals surface area contributed by atoms with Gasteiger partial charge in [0.2, 0.25) is 0 Å².